The first kappa shape index (κ1) is 33.2. The molecule has 13 heteroatoms. The van der Waals surface area contributed by atoms with E-state index in [0.717, 1.165) is 5.56 Å². The molecule has 0 radical (unpaired) electrons. The van der Waals surface area contributed by atoms with Gasteiger partial charge in [-0.05, 0) is 68.6 Å². The Morgan fingerprint density at radius 3 is 2.13 bits per heavy atom. The normalized spacial score (nSPS) is 16.6. The molecule has 0 bridgehead atoms. The van der Waals surface area contributed by atoms with Gasteiger partial charge in [-0.15, -0.1) is 0 Å². The van der Waals surface area contributed by atoms with Gasteiger partial charge >= 0.3 is 11.9 Å². The fourth-order valence-electron chi connectivity index (χ4n) is 4.38. The van der Waals surface area contributed by atoms with Crippen LogP contribution in [0.3, 0.4) is 0 Å². The van der Waals surface area contributed by atoms with Crippen molar-refractivity contribution in [2.75, 3.05) is 33.8 Å². The Kier molecular flexibility index (Phi) is 15.5. The van der Waals surface area contributed by atoms with Crippen molar-refractivity contribution in [1.82, 2.24) is 5.32 Å². The average Bonchev–Trinajstić information content (AvgIpc) is 3.00. The number of primary amides is 1. The number of hydrogen-bond acceptors (Lipinski definition) is 9. The lowest BCUT2D eigenvalue weighted by Gasteiger charge is -2.30. The molecule has 0 spiro atoms. The second kappa shape index (κ2) is 22.0. The molecular weight excluding hydrogens is 610 g/mol. The quantitative estimate of drug-likeness (QED) is 0.0822. The number of aliphatic hydroxyl groups excluding tert-OH is 1. The SMILES string of the molecule is O=C(O)/C=C/C(=O)O.[2H]C([2H])([2H])OCCCOc1cc(C[C@@H](C[C@H](N)[C@@H](O)C[C@H](C(=O)NCC(C)(C)C(N)=O)C(C)C)C(C)C)ccc1OC([2H])([2H])[2H]. The Balaban J connectivity index is 0.00000301. The van der Waals surface area contributed by atoms with Gasteiger partial charge < -0.3 is 46.3 Å². The third-order valence-corrected chi connectivity index (χ3v) is 7.65. The van der Waals surface area contributed by atoms with Crippen LogP contribution in [-0.2, 0) is 30.3 Å². The van der Waals surface area contributed by atoms with Gasteiger partial charge in [0, 0.05) is 50.7 Å². The van der Waals surface area contributed by atoms with Gasteiger partial charge in [0.05, 0.1) is 33.4 Å². The largest absolute Gasteiger partial charge is 0.493 e. The summed E-state index contributed by atoms with van der Waals surface area (Å²) in [6.07, 6.45) is 1.56. The second-order valence-electron chi connectivity index (χ2n) is 12.7. The van der Waals surface area contributed by atoms with Crippen molar-refractivity contribution in [3.8, 4) is 11.5 Å². The highest BCUT2D eigenvalue weighted by Gasteiger charge is 2.32. The molecule has 0 unspecified atom stereocenters. The third-order valence-electron chi connectivity index (χ3n) is 7.65. The number of rotatable bonds is 21. The first-order valence-electron chi connectivity index (χ1n) is 18.4. The maximum Gasteiger partial charge on any atom is 0.328 e. The summed E-state index contributed by atoms with van der Waals surface area (Å²) in [6, 6.07) is 4.33. The van der Waals surface area contributed by atoms with Crippen LogP contribution in [0, 0.1) is 29.1 Å². The highest BCUT2D eigenvalue weighted by Crippen LogP contribution is 2.32. The minimum atomic E-state index is -2.70. The zero-order chi connectivity index (χ0) is 41.3. The molecule has 268 valence electrons. The van der Waals surface area contributed by atoms with Gasteiger partial charge in [0.1, 0.15) is 0 Å². The van der Waals surface area contributed by atoms with Gasteiger partial charge in [-0.25, -0.2) is 9.59 Å². The second-order valence-corrected chi connectivity index (χ2v) is 12.7. The highest BCUT2D eigenvalue weighted by atomic mass is 16.5. The van der Waals surface area contributed by atoms with Crippen LogP contribution in [0.5, 0.6) is 11.5 Å². The predicted octanol–water partition coefficient (Wildman–Crippen LogP) is 3.01. The summed E-state index contributed by atoms with van der Waals surface area (Å²) in [5, 5.41) is 29.5. The molecule has 47 heavy (non-hydrogen) atoms. The standard InChI is InChI=1S/C30H53N3O6.C4H4O4/c1-19(2)22(14-21-10-11-26(38-8)27(15-21)39-13-9-12-37-7)16-24(31)25(34)17-23(20(3)4)28(35)33-18-30(5,6)29(32)36;5-3(6)1-2-4(7)8/h10-11,15,19-20,22-25,34H,9,12-14,16-18,31H2,1-8H3,(H2,32,36)(H,33,35);1-2H,(H,5,6)(H,7,8)/b;2-1+/t22-,23-,24-,25-;/m0./s1/i7D3,8D3;. The number of aliphatic carboxylic acids is 2. The molecule has 13 nitrogen and oxygen atoms in total. The fourth-order valence-corrected chi connectivity index (χ4v) is 4.38. The lowest BCUT2D eigenvalue weighted by Crippen LogP contribution is -2.46. The maximum atomic E-state index is 13.0. The van der Waals surface area contributed by atoms with Crippen LogP contribution in [0.2, 0.25) is 0 Å². The van der Waals surface area contributed by atoms with Crippen molar-refractivity contribution < 1.29 is 56.9 Å². The smallest absolute Gasteiger partial charge is 0.328 e. The molecule has 0 aliphatic carbocycles. The zero-order valence-corrected chi connectivity index (χ0v) is 28.2. The summed E-state index contributed by atoms with van der Waals surface area (Å²) in [5.74, 6) is -3.50. The fraction of sp³-hybridized carbons (Fsp3) is 0.647. The van der Waals surface area contributed by atoms with E-state index < -0.39 is 55.4 Å². The van der Waals surface area contributed by atoms with Crippen molar-refractivity contribution in [2.45, 2.75) is 79.4 Å². The number of benzene rings is 1. The third kappa shape index (κ3) is 17.7. The summed E-state index contributed by atoms with van der Waals surface area (Å²) in [6.45, 7) is 11.3. The monoisotopic (exact) mass is 673 g/mol. The first-order chi connectivity index (χ1) is 24.1. The molecule has 4 atom stereocenters. The van der Waals surface area contributed by atoms with Crippen LogP contribution in [0.25, 0.3) is 0 Å². The van der Waals surface area contributed by atoms with Crippen molar-refractivity contribution in [3.63, 3.8) is 0 Å². The number of ether oxygens (including phenoxy) is 3. The molecule has 0 aromatic heterocycles. The molecule has 0 aliphatic rings. The molecule has 0 saturated carbocycles. The summed E-state index contributed by atoms with van der Waals surface area (Å²) in [7, 11) is -5.21. The molecular formula is C34H57N3O10. The molecule has 1 aromatic carbocycles. The number of aliphatic hydroxyl groups is 1. The van der Waals surface area contributed by atoms with Crippen LogP contribution in [-0.4, -0.2) is 85.1 Å². The summed E-state index contributed by atoms with van der Waals surface area (Å²) < 4.78 is 59.4. The molecule has 1 aromatic rings. The Bertz CT molecular complexity index is 1340. The summed E-state index contributed by atoms with van der Waals surface area (Å²) >= 11 is 0. The van der Waals surface area contributed by atoms with Crippen molar-refractivity contribution in [2.24, 2.45) is 40.6 Å². The van der Waals surface area contributed by atoms with E-state index in [2.05, 4.69) is 5.32 Å². The number of carbonyl (C=O) groups is 4. The Morgan fingerprint density at radius 1 is 0.979 bits per heavy atom. The van der Waals surface area contributed by atoms with Gasteiger partial charge in [-0.3, -0.25) is 9.59 Å². The van der Waals surface area contributed by atoms with Crippen LogP contribution < -0.4 is 26.3 Å². The Hall–Kier alpha value is -3.68. The van der Waals surface area contributed by atoms with Crippen molar-refractivity contribution in [1.29, 1.82) is 0 Å². The minimum Gasteiger partial charge on any atom is -0.493 e. The predicted molar refractivity (Wildman–Crippen MR) is 179 cm³/mol. The number of carboxylic acid groups (broad SMARTS) is 2. The molecule has 0 fully saturated rings. The highest BCUT2D eigenvalue weighted by molar-refractivity contribution is 5.89. The van der Waals surface area contributed by atoms with Gasteiger partial charge in [-0.2, -0.15) is 0 Å². The van der Waals surface area contributed by atoms with Crippen LogP contribution in [0.1, 0.15) is 74.6 Å². The van der Waals surface area contributed by atoms with Crippen LogP contribution in [0.15, 0.2) is 30.4 Å². The van der Waals surface area contributed by atoms with E-state index in [1.165, 1.54) is 6.07 Å². The van der Waals surface area contributed by atoms with E-state index in [1.807, 2.05) is 27.7 Å². The topological polar surface area (TPSA) is 221 Å². The van der Waals surface area contributed by atoms with E-state index in [0.29, 0.717) is 25.0 Å². The van der Waals surface area contributed by atoms with Gasteiger partial charge in [0.2, 0.25) is 11.8 Å². The molecule has 0 heterocycles. The lowest BCUT2D eigenvalue weighted by atomic mass is 9.80. The van der Waals surface area contributed by atoms with E-state index in [-0.39, 0.29) is 67.8 Å². The number of hydrogen-bond donors (Lipinski definition) is 6. The first-order valence-corrected chi connectivity index (χ1v) is 15.4. The Labute approximate surface area is 287 Å². The number of nitrogens with one attached hydrogen (secondary N) is 1. The molecule has 0 aliphatic heterocycles. The van der Waals surface area contributed by atoms with Gasteiger partial charge in [0.25, 0.3) is 0 Å². The number of amides is 2. The van der Waals surface area contributed by atoms with E-state index in [9.17, 15) is 24.3 Å². The number of nitrogens with two attached hydrogens (primary N) is 2. The van der Waals surface area contributed by atoms with E-state index in [4.69, 9.17) is 44.1 Å². The van der Waals surface area contributed by atoms with Crippen LogP contribution in [0.4, 0.5) is 0 Å². The van der Waals surface area contributed by atoms with Crippen molar-refractivity contribution >= 4 is 23.8 Å². The summed E-state index contributed by atoms with van der Waals surface area (Å²) in [5.41, 5.74) is 11.8. The maximum absolute atomic E-state index is 13.0. The zero-order valence-electron chi connectivity index (χ0n) is 34.2. The van der Waals surface area contributed by atoms with Crippen LogP contribution >= 0.6 is 0 Å². The van der Waals surface area contributed by atoms with Gasteiger partial charge in [-0.1, -0.05) is 33.8 Å². The average molecular weight is 674 g/mol. The molecule has 8 N–H and O–H groups in total. The summed E-state index contributed by atoms with van der Waals surface area (Å²) in [4.78, 5) is 43.7. The molecule has 2 amide bonds. The minimum absolute atomic E-state index is 0.0206. The van der Waals surface area contributed by atoms with E-state index >= 15 is 0 Å². The lowest BCUT2D eigenvalue weighted by molar-refractivity contribution is -0.134. The Morgan fingerprint density at radius 2 is 1.62 bits per heavy atom. The number of methoxy groups -OCH3 is 2. The van der Waals surface area contributed by atoms with E-state index in [1.54, 1.807) is 26.0 Å². The number of carbonyl (C=O) groups excluding carboxylic acids is 2. The number of carboxylic acids is 2. The molecule has 0 saturated heterocycles. The van der Waals surface area contributed by atoms with Crippen molar-refractivity contribution in [3.05, 3.63) is 35.9 Å². The molecule has 1 rings (SSSR count). The van der Waals surface area contributed by atoms with Gasteiger partial charge in [0.15, 0.2) is 11.5 Å².